The molecule has 0 radical (unpaired) electrons. The molecule has 282 valence electrons. The van der Waals surface area contributed by atoms with Crippen LogP contribution < -0.4 is 5.73 Å². The number of hydrogen-bond donors (Lipinski definition) is 5. The molecule has 1 saturated heterocycles. The standard InChI is InChI=1S/C38H45NO12.ClH/c1-19-23(49-34(46)29(43)27(39)21-12-8-6-9-13-21)17-38(47)32(50-33(45)22-14-10-7-11-15-22)30-36(5,31(44)28(42)26(19)35(38,3)4)24(41)16-25-37(30,18-48-25)51-20(2)40;/h6-15,23-25,27-30,32,41-43,47H,16-18,39H2,1-5H3;1H/t23-,24-,25+,27-,28+,29+,30-,32-,36+,37-,38+;/m0./s1. The van der Waals surface area contributed by atoms with Crippen LogP contribution >= 0.6 is 12.4 Å². The number of rotatable bonds is 7. The Morgan fingerprint density at radius 3 is 2.13 bits per heavy atom. The second-order valence-corrected chi connectivity index (χ2v) is 15.0. The van der Waals surface area contributed by atoms with Crippen molar-refractivity contribution in [3.05, 3.63) is 82.9 Å². The topological polar surface area (TPSA) is 212 Å². The highest BCUT2D eigenvalue weighted by Crippen LogP contribution is 2.64. The molecule has 11 atom stereocenters. The molecule has 3 fully saturated rings. The minimum atomic E-state index is -2.28. The van der Waals surface area contributed by atoms with Crippen molar-refractivity contribution < 1.29 is 58.6 Å². The van der Waals surface area contributed by atoms with Crippen LogP contribution in [0.15, 0.2) is 71.8 Å². The van der Waals surface area contributed by atoms with Crippen LogP contribution in [0, 0.1) is 16.7 Å². The Kier molecular flexibility index (Phi) is 10.6. The summed E-state index contributed by atoms with van der Waals surface area (Å²) >= 11 is 0. The Morgan fingerprint density at radius 1 is 0.981 bits per heavy atom. The number of Topliss-reactive ketones (excluding diaryl/α,β-unsaturated/α-hetero) is 1. The number of aliphatic hydroxyl groups excluding tert-OH is 3. The van der Waals surface area contributed by atoms with E-state index in [1.54, 1.807) is 62.4 Å². The molecule has 52 heavy (non-hydrogen) atoms. The first-order valence-electron chi connectivity index (χ1n) is 17.0. The van der Waals surface area contributed by atoms with E-state index in [1.807, 2.05) is 0 Å². The summed E-state index contributed by atoms with van der Waals surface area (Å²) in [7, 11) is 0. The van der Waals surface area contributed by atoms with E-state index in [4.69, 9.17) is 24.7 Å². The number of aliphatic hydroxyl groups is 4. The van der Waals surface area contributed by atoms with E-state index in [1.165, 1.54) is 32.9 Å². The van der Waals surface area contributed by atoms with Gasteiger partial charge in [-0.1, -0.05) is 62.4 Å². The lowest BCUT2D eigenvalue weighted by Gasteiger charge is -2.67. The lowest BCUT2D eigenvalue weighted by molar-refractivity contribution is -0.346. The quantitative estimate of drug-likeness (QED) is 0.156. The Balaban J connectivity index is 0.00000523. The van der Waals surface area contributed by atoms with Gasteiger partial charge in [0.1, 0.15) is 30.0 Å². The maximum absolute atomic E-state index is 14.8. The number of ether oxygens (including phenoxy) is 4. The maximum Gasteiger partial charge on any atom is 0.338 e. The maximum atomic E-state index is 14.8. The number of fused-ring (bicyclic) bond motifs is 5. The van der Waals surface area contributed by atoms with Gasteiger partial charge in [0.05, 0.1) is 35.6 Å². The minimum absolute atomic E-state index is 0. The average Bonchev–Trinajstić information content (AvgIpc) is 3.09. The van der Waals surface area contributed by atoms with E-state index in [9.17, 15) is 39.6 Å². The third-order valence-electron chi connectivity index (χ3n) is 11.9. The molecule has 2 aromatic carbocycles. The normalized spacial score (nSPS) is 35.8. The van der Waals surface area contributed by atoms with E-state index in [0.717, 1.165) is 0 Å². The van der Waals surface area contributed by atoms with Gasteiger partial charge in [0.2, 0.25) is 0 Å². The lowest BCUT2D eigenvalue weighted by atomic mass is 9.44. The van der Waals surface area contributed by atoms with Crippen LogP contribution in [0.3, 0.4) is 0 Å². The highest BCUT2D eigenvalue weighted by Gasteiger charge is 2.78. The number of benzene rings is 2. The van der Waals surface area contributed by atoms with E-state index in [-0.39, 0.29) is 42.1 Å². The molecule has 14 heteroatoms. The van der Waals surface area contributed by atoms with Crippen LogP contribution in [-0.2, 0) is 33.3 Å². The summed E-state index contributed by atoms with van der Waals surface area (Å²) in [5.74, 6) is -5.10. The number of hydrogen-bond acceptors (Lipinski definition) is 13. The first kappa shape index (κ1) is 39.5. The zero-order valence-corrected chi connectivity index (χ0v) is 30.4. The molecular formula is C38H46ClNO12. The Labute approximate surface area is 307 Å². The molecule has 13 nitrogen and oxygen atoms in total. The molecule has 1 heterocycles. The second kappa shape index (κ2) is 13.9. The highest BCUT2D eigenvalue weighted by molar-refractivity contribution is 5.94. The van der Waals surface area contributed by atoms with Crippen molar-refractivity contribution in [2.24, 2.45) is 22.5 Å². The van der Waals surface area contributed by atoms with Crippen LogP contribution in [-0.4, -0.2) is 98.6 Å². The molecule has 0 amide bonds. The summed E-state index contributed by atoms with van der Waals surface area (Å²) in [6.45, 7) is 6.99. The third kappa shape index (κ3) is 5.87. The van der Waals surface area contributed by atoms with Crippen LogP contribution in [0.4, 0.5) is 0 Å². The van der Waals surface area contributed by atoms with Gasteiger partial charge >= 0.3 is 17.9 Å². The van der Waals surface area contributed by atoms with Gasteiger partial charge in [0.15, 0.2) is 17.5 Å². The molecule has 0 unspecified atom stereocenters. The van der Waals surface area contributed by atoms with E-state index < -0.39 is 101 Å². The van der Waals surface area contributed by atoms with Gasteiger partial charge in [0, 0.05) is 25.2 Å². The predicted molar refractivity (Wildman–Crippen MR) is 186 cm³/mol. The molecule has 0 aromatic heterocycles. The Bertz CT molecular complexity index is 1750. The highest BCUT2D eigenvalue weighted by atomic mass is 35.5. The van der Waals surface area contributed by atoms with Crippen LogP contribution in [0.25, 0.3) is 0 Å². The molecule has 2 bridgehead atoms. The van der Waals surface area contributed by atoms with Crippen molar-refractivity contribution >= 4 is 36.1 Å². The first-order chi connectivity index (χ1) is 23.9. The summed E-state index contributed by atoms with van der Waals surface area (Å²) < 4.78 is 23.9. The second-order valence-electron chi connectivity index (χ2n) is 15.0. The van der Waals surface area contributed by atoms with E-state index in [0.29, 0.717) is 5.56 Å². The van der Waals surface area contributed by atoms with Crippen molar-refractivity contribution in [2.45, 2.75) is 101 Å². The summed E-state index contributed by atoms with van der Waals surface area (Å²) in [6, 6.07) is 15.2. The number of halogens is 1. The molecule has 6 rings (SSSR count). The zero-order chi connectivity index (χ0) is 37.3. The number of nitrogens with two attached hydrogens (primary N) is 1. The third-order valence-corrected chi connectivity index (χ3v) is 11.9. The SMILES string of the molecule is CC(=O)O[C@@]12CO[C@@H]1C[C@H](O)[C@@]1(C)C(=O)[C@H](O)C3=C(C)[C@@H](OC(=O)[C@H](O)[C@@H](N)c4ccccc4)C[C@@](O)([C@@H](OC(=O)c4ccccc4)[C@H]21)C3(C)C.Cl. The van der Waals surface area contributed by atoms with E-state index in [2.05, 4.69) is 0 Å². The fourth-order valence-electron chi connectivity index (χ4n) is 8.99. The predicted octanol–water partition coefficient (Wildman–Crippen LogP) is 2.12. The lowest BCUT2D eigenvalue weighted by Crippen LogP contribution is -2.81. The number of carbonyl (C=O) groups is 4. The summed E-state index contributed by atoms with van der Waals surface area (Å²) in [5, 5.41) is 48.0. The van der Waals surface area contributed by atoms with Gasteiger partial charge in [-0.25, -0.2) is 9.59 Å². The summed E-state index contributed by atoms with van der Waals surface area (Å²) in [5.41, 5.74) is -0.496. The molecule has 2 aromatic rings. The molecule has 0 spiro atoms. The van der Waals surface area contributed by atoms with Gasteiger partial charge in [-0.15, -0.1) is 12.4 Å². The molecule has 3 aliphatic carbocycles. The minimum Gasteiger partial charge on any atom is -0.456 e. The fraction of sp³-hybridized carbons (Fsp3) is 0.526. The van der Waals surface area contributed by atoms with Gasteiger partial charge in [-0.2, -0.15) is 0 Å². The monoisotopic (exact) mass is 743 g/mol. The van der Waals surface area contributed by atoms with Crippen molar-refractivity contribution in [3.63, 3.8) is 0 Å². The van der Waals surface area contributed by atoms with Crippen LogP contribution in [0.2, 0.25) is 0 Å². The Hall–Kier alpha value is -3.69. The number of esters is 3. The van der Waals surface area contributed by atoms with Gasteiger partial charge < -0.3 is 45.1 Å². The molecule has 4 aliphatic rings. The zero-order valence-electron chi connectivity index (χ0n) is 29.6. The fourth-order valence-corrected chi connectivity index (χ4v) is 8.99. The Morgan fingerprint density at radius 2 is 1.58 bits per heavy atom. The molecular weight excluding hydrogens is 698 g/mol. The van der Waals surface area contributed by atoms with Crippen molar-refractivity contribution in [1.29, 1.82) is 0 Å². The largest absolute Gasteiger partial charge is 0.456 e. The van der Waals surface area contributed by atoms with Gasteiger partial charge in [0.25, 0.3) is 0 Å². The van der Waals surface area contributed by atoms with Gasteiger partial charge in [-0.3, -0.25) is 9.59 Å². The number of carbonyl (C=O) groups excluding carboxylic acids is 4. The average molecular weight is 744 g/mol. The van der Waals surface area contributed by atoms with Crippen LogP contribution in [0.1, 0.15) is 69.4 Å². The number of ketones is 1. The van der Waals surface area contributed by atoms with Crippen molar-refractivity contribution in [2.75, 3.05) is 6.61 Å². The summed E-state index contributed by atoms with van der Waals surface area (Å²) in [4.78, 5) is 55.0. The molecule has 1 aliphatic heterocycles. The van der Waals surface area contributed by atoms with Crippen molar-refractivity contribution in [3.8, 4) is 0 Å². The van der Waals surface area contributed by atoms with Gasteiger partial charge in [-0.05, 0) is 42.7 Å². The van der Waals surface area contributed by atoms with Crippen LogP contribution in [0.5, 0.6) is 0 Å². The molecule has 2 saturated carbocycles. The smallest absolute Gasteiger partial charge is 0.338 e. The first-order valence-corrected chi connectivity index (χ1v) is 17.0. The van der Waals surface area contributed by atoms with E-state index >= 15 is 0 Å². The summed E-state index contributed by atoms with van der Waals surface area (Å²) in [6.07, 6.45) is -9.94. The van der Waals surface area contributed by atoms with Crippen molar-refractivity contribution in [1.82, 2.24) is 0 Å². The molecule has 6 N–H and O–H groups in total.